The van der Waals surface area contributed by atoms with Crippen LogP contribution in [0, 0.1) is 15.9 Å². The Morgan fingerprint density at radius 2 is 2.00 bits per heavy atom. The van der Waals surface area contributed by atoms with Gasteiger partial charge in [-0.2, -0.15) is 0 Å². The predicted octanol–water partition coefficient (Wildman–Crippen LogP) is 4.40. The van der Waals surface area contributed by atoms with E-state index in [1.165, 1.54) is 24.4 Å². The van der Waals surface area contributed by atoms with Crippen LogP contribution in [0.2, 0.25) is 0 Å². The molecule has 2 rings (SSSR count). The molecule has 0 radical (unpaired) electrons. The van der Waals surface area contributed by atoms with Crippen LogP contribution in [0.5, 0.6) is 0 Å². The zero-order valence-corrected chi connectivity index (χ0v) is 12.4. The monoisotopic (exact) mass is 389 g/mol. The van der Waals surface area contributed by atoms with Gasteiger partial charge in [-0.25, -0.2) is 9.37 Å². The van der Waals surface area contributed by atoms with Crippen LogP contribution in [0.15, 0.2) is 39.4 Å². The number of hydrogen-bond donors (Lipinski definition) is 1. The normalized spacial score (nSPS) is 10.3. The Hall–Kier alpha value is -1.54. The van der Waals surface area contributed by atoms with Gasteiger partial charge in [0.1, 0.15) is 5.82 Å². The van der Waals surface area contributed by atoms with Gasteiger partial charge in [-0.05, 0) is 34.1 Å². The summed E-state index contributed by atoms with van der Waals surface area (Å²) < 4.78 is 14.7. The zero-order chi connectivity index (χ0) is 14.0. The van der Waals surface area contributed by atoms with Crippen molar-refractivity contribution in [2.24, 2.45) is 0 Å². The quantitative estimate of drug-likeness (QED) is 0.623. The summed E-state index contributed by atoms with van der Waals surface area (Å²) in [5.41, 5.74) is -0.127. The van der Waals surface area contributed by atoms with Gasteiger partial charge in [0.15, 0.2) is 0 Å². The lowest BCUT2D eigenvalue weighted by Gasteiger charge is -2.07. The average molecular weight is 391 g/mol. The maximum atomic E-state index is 13.6. The van der Waals surface area contributed by atoms with E-state index in [2.05, 4.69) is 42.2 Å². The third-order valence-corrected chi connectivity index (χ3v) is 3.14. The molecule has 0 fully saturated rings. The standard InChI is InChI=1S/C11H6Br2FN3O2/c12-6-1-2-9(8(14)3-6)16-11-10(17(18)19)4-7(13)5-15-11/h1-5H,(H,15,16). The molecule has 1 heterocycles. The van der Waals surface area contributed by atoms with E-state index >= 15 is 0 Å². The minimum absolute atomic E-state index is 0.0191. The number of hydrogen-bond acceptors (Lipinski definition) is 4. The molecule has 0 bridgehead atoms. The fourth-order valence-electron chi connectivity index (χ4n) is 1.38. The van der Waals surface area contributed by atoms with Crippen molar-refractivity contribution in [1.29, 1.82) is 0 Å². The number of pyridine rings is 1. The molecular weight excluding hydrogens is 385 g/mol. The minimum Gasteiger partial charge on any atom is -0.332 e. The Bertz CT molecular complexity index is 652. The van der Waals surface area contributed by atoms with Crippen LogP contribution >= 0.6 is 31.9 Å². The molecule has 1 aromatic heterocycles. The van der Waals surface area contributed by atoms with Gasteiger partial charge in [-0.3, -0.25) is 10.1 Å². The maximum absolute atomic E-state index is 13.6. The minimum atomic E-state index is -0.586. The highest BCUT2D eigenvalue weighted by Gasteiger charge is 2.17. The number of anilines is 2. The van der Waals surface area contributed by atoms with Crippen LogP contribution in [-0.4, -0.2) is 9.91 Å². The zero-order valence-electron chi connectivity index (χ0n) is 9.23. The summed E-state index contributed by atoms with van der Waals surface area (Å²) in [6, 6.07) is 5.64. The molecule has 5 nitrogen and oxygen atoms in total. The summed E-state index contributed by atoms with van der Waals surface area (Å²) >= 11 is 6.23. The maximum Gasteiger partial charge on any atom is 0.312 e. The van der Waals surface area contributed by atoms with Crippen molar-refractivity contribution >= 4 is 49.1 Å². The van der Waals surface area contributed by atoms with Crippen molar-refractivity contribution < 1.29 is 9.31 Å². The Kier molecular flexibility index (Phi) is 4.11. The van der Waals surface area contributed by atoms with E-state index in [1.807, 2.05) is 0 Å². The highest BCUT2D eigenvalue weighted by molar-refractivity contribution is 9.10. The fourth-order valence-corrected chi connectivity index (χ4v) is 2.03. The second-order valence-electron chi connectivity index (χ2n) is 3.53. The van der Waals surface area contributed by atoms with Gasteiger partial charge in [0, 0.05) is 21.2 Å². The molecule has 0 saturated carbocycles. The first kappa shape index (κ1) is 13.9. The Morgan fingerprint density at radius 3 is 2.63 bits per heavy atom. The molecule has 0 saturated heterocycles. The number of nitrogens with zero attached hydrogens (tertiary/aromatic N) is 2. The Labute approximate surface area is 124 Å². The van der Waals surface area contributed by atoms with Gasteiger partial charge in [-0.1, -0.05) is 15.9 Å². The smallest absolute Gasteiger partial charge is 0.312 e. The van der Waals surface area contributed by atoms with E-state index < -0.39 is 10.7 Å². The van der Waals surface area contributed by atoms with E-state index in [1.54, 1.807) is 6.07 Å². The molecule has 19 heavy (non-hydrogen) atoms. The first-order chi connectivity index (χ1) is 8.97. The summed E-state index contributed by atoms with van der Waals surface area (Å²) in [6.07, 6.45) is 1.39. The van der Waals surface area contributed by atoms with Gasteiger partial charge in [0.2, 0.25) is 5.82 Å². The molecule has 1 aromatic carbocycles. The number of nitrogens with one attached hydrogen (secondary N) is 1. The molecule has 0 amide bonds. The van der Waals surface area contributed by atoms with Crippen molar-refractivity contribution in [3.8, 4) is 0 Å². The number of halogens is 3. The Morgan fingerprint density at radius 1 is 1.26 bits per heavy atom. The first-order valence-electron chi connectivity index (χ1n) is 4.99. The summed E-state index contributed by atoms with van der Waals surface area (Å²) in [7, 11) is 0. The summed E-state index contributed by atoms with van der Waals surface area (Å²) in [5.74, 6) is -0.553. The number of benzene rings is 1. The van der Waals surface area contributed by atoms with E-state index in [0.717, 1.165) is 0 Å². The molecule has 1 N–H and O–H groups in total. The van der Waals surface area contributed by atoms with Gasteiger partial charge < -0.3 is 5.32 Å². The lowest BCUT2D eigenvalue weighted by Crippen LogP contribution is -2.01. The SMILES string of the molecule is O=[N+]([O-])c1cc(Br)cnc1Nc1ccc(Br)cc1F. The van der Waals surface area contributed by atoms with Crippen LogP contribution in [0.4, 0.5) is 21.6 Å². The van der Waals surface area contributed by atoms with E-state index in [9.17, 15) is 14.5 Å². The third-order valence-electron chi connectivity index (χ3n) is 2.22. The number of aromatic nitrogens is 1. The van der Waals surface area contributed by atoms with Crippen LogP contribution in [0.25, 0.3) is 0 Å². The molecule has 0 spiro atoms. The molecule has 98 valence electrons. The van der Waals surface area contributed by atoms with Crippen molar-refractivity contribution in [2.45, 2.75) is 0 Å². The average Bonchev–Trinajstić information content (AvgIpc) is 2.34. The largest absolute Gasteiger partial charge is 0.332 e. The lowest BCUT2D eigenvalue weighted by atomic mass is 10.3. The summed E-state index contributed by atoms with van der Waals surface area (Å²) in [5, 5.41) is 13.5. The molecular formula is C11H6Br2FN3O2. The van der Waals surface area contributed by atoms with Crippen LogP contribution in [0.3, 0.4) is 0 Å². The molecule has 0 atom stereocenters. The van der Waals surface area contributed by atoms with E-state index in [4.69, 9.17) is 0 Å². The van der Waals surface area contributed by atoms with E-state index in [-0.39, 0.29) is 17.2 Å². The van der Waals surface area contributed by atoms with Crippen LogP contribution < -0.4 is 5.32 Å². The first-order valence-corrected chi connectivity index (χ1v) is 6.58. The fraction of sp³-hybridized carbons (Fsp3) is 0. The molecule has 0 aliphatic rings. The van der Waals surface area contributed by atoms with Crippen molar-refractivity contribution in [1.82, 2.24) is 4.98 Å². The summed E-state index contributed by atoms with van der Waals surface area (Å²) in [6.45, 7) is 0. The molecule has 0 aliphatic heterocycles. The molecule has 8 heteroatoms. The van der Waals surface area contributed by atoms with Crippen LogP contribution in [0.1, 0.15) is 0 Å². The van der Waals surface area contributed by atoms with Gasteiger partial charge in [-0.15, -0.1) is 0 Å². The molecule has 0 aliphatic carbocycles. The highest BCUT2D eigenvalue weighted by Crippen LogP contribution is 2.29. The second-order valence-corrected chi connectivity index (χ2v) is 5.36. The van der Waals surface area contributed by atoms with Gasteiger partial charge >= 0.3 is 5.69 Å². The van der Waals surface area contributed by atoms with Crippen molar-refractivity contribution in [2.75, 3.05) is 5.32 Å². The van der Waals surface area contributed by atoms with Gasteiger partial charge in [0.05, 0.1) is 10.6 Å². The topological polar surface area (TPSA) is 68.1 Å². The third kappa shape index (κ3) is 3.27. The highest BCUT2D eigenvalue weighted by atomic mass is 79.9. The second kappa shape index (κ2) is 5.62. The van der Waals surface area contributed by atoms with Crippen molar-refractivity contribution in [3.05, 3.63) is 55.3 Å². The Balaban J connectivity index is 2.40. The van der Waals surface area contributed by atoms with Crippen molar-refractivity contribution in [3.63, 3.8) is 0 Å². The summed E-state index contributed by atoms with van der Waals surface area (Å²) in [4.78, 5) is 14.2. The van der Waals surface area contributed by atoms with Crippen LogP contribution in [-0.2, 0) is 0 Å². The predicted molar refractivity (Wildman–Crippen MR) is 76.0 cm³/mol. The molecule has 2 aromatic rings. The lowest BCUT2D eigenvalue weighted by molar-refractivity contribution is -0.384. The number of nitro groups is 1. The van der Waals surface area contributed by atoms with Gasteiger partial charge in [0.25, 0.3) is 0 Å². The number of rotatable bonds is 3. The van der Waals surface area contributed by atoms with E-state index in [0.29, 0.717) is 8.95 Å². The molecule has 0 unspecified atom stereocenters.